The smallest absolute Gasteiger partial charge is 0.329 e. The number of hydrogen-bond donors (Lipinski definition) is 2. The first kappa shape index (κ1) is 13.4. The molecule has 2 N–H and O–H groups in total. The SMILES string of the molecule is COc1ccc(C(=O)NC(C)(C(=O)O)C2CC2)cc1. The van der Waals surface area contributed by atoms with Gasteiger partial charge in [0.15, 0.2) is 0 Å². The number of aliphatic carboxylic acids is 1. The standard InChI is InChI=1S/C14H17NO4/c1-14(13(17)18,10-5-6-10)15-12(16)9-3-7-11(19-2)8-4-9/h3-4,7-8,10H,5-6H2,1-2H3,(H,15,16)(H,17,18). The number of nitrogens with one attached hydrogen (secondary N) is 1. The van der Waals surface area contributed by atoms with E-state index in [1.807, 2.05) is 0 Å². The molecule has 1 fully saturated rings. The van der Waals surface area contributed by atoms with Crippen LogP contribution < -0.4 is 10.1 Å². The van der Waals surface area contributed by atoms with Gasteiger partial charge in [-0.05, 0) is 49.9 Å². The summed E-state index contributed by atoms with van der Waals surface area (Å²) in [4.78, 5) is 23.4. The van der Waals surface area contributed by atoms with E-state index in [0.717, 1.165) is 12.8 Å². The molecule has 19 heavy (non-hydrogen) atoms. The Morgan fingerprint density at radius 1 is 1.32 bits per heavy atom. The molecule has 1 saturated carbocycles. The number of benzene rings is 1. The molecule has 0 spiro atoms. The normalized spacial score (nSPS) is 17.4. The van der Waals surface area contributed by atoms with Crippen molar-refractivity contribution in [2.24, 2.45) is 5.92 Å². The molecule has 0 aromatic heterocycles. The van der Waals surface area contributed by atoms with E-state index in [4.69, 9.17) is 4.74 Å². The summed E-state index contributed by atoms with van der Waals surface area (Å²) in [6.45, 7) is 1.56. The van der Waals surface area contributed by atoms with Crippen LogP contribution in [0.2, 0.25) is 0 Å². The summed E-state index contributed by atoms with van der Waals surface area (Å²) < 4.78 is 5.01. The van der Waals surface area contributed by atoms with Gasteiger partial charge in [-0.1, -0.05) is 0 Å². The van der Waals surface area contributed by atoms with E-state index in [-0.39, 0.29) is 11.8 Å². The van der Waals surface area contributed by atoms with E-state index in [2.05, 4.69) is 5.32 Å². The number of carbonyl (C=O) groups is 2. The minimum atomic E-state index is -1.18. The van der Waals surface area contributed by atoms with Gasteiger partial charge in [0.05, 0.1) is 7.11 Å². The molecule has 1 aromatic carbocycles. The Morgan fingerprint density at radius 2 is 1.89 bits per heavy atom. The van der Waals surface area contributed by atoms with Crippen molar-refractivity contribution < 1.29 is 19.4 Å². The Morgan fingerprint density at radius 3 is 2.32 bits per heavy atom. The number of carbonyl (C=O) groups excluding carboxylic acids is 1. The van der Waals surface area contributed by atoms with Crippen molar-refractivity contribution in [2.45, 2.75) is 25.3 Å². The zero-order chi connectivity index (χ0) is 14.0. The van der Waals surface area contributed by atoms with Crippen molar-refractivity contribution in [3.8, 4) is 5.75 Å². The van der Waals surface area contributed by atoms with Crippen molar-refractivity contribution in [3.05, 3.63) is 29.8 Å². The summed E-state index contributed by atoms with van der Waals surface area (Å²) in [5.74, 6) is -0.691. The zero-order valence-electron chi connectivity index (χ0n) is 11.0. The third-order valence-electron chi connectivity index (χ3n) is 3.56. The summed E-state index contributed by atoms with van der Waals surface area (Å²) in [6.07, 6.45) is 1.68. The van der Waals surface area contributed by atoms with Crippen molar-refractivity contribution >= 4 is 11.9 Å². The van der Waals surface area contributed by atoms with Crippen LogP contribution in [0.15, 0.2) is 24.3 Å². The predicted molar refractivity (Wildman–Crippen MR) is 69.2 cm³/mol. The molecule has 1 aromatic rings. The number of carboxylic acid groups (broad SMARTS) is 1. The molecule has 102 valence electrons. The monoisotopic (exact) mass is 263 g/mol. The predicted octanol–water partition coefficient (Wildman–Crippen LogP) is 1.68. The zero-order valence-corrected chi connectivity index (χ0v) is 11.0. The lowest BCUT2D eigenvalue weighted by Gasteiger charge is -2.26. The van der Waals surface area contributed by atoms with E-state index < -0.39 is 11.5 Å². The maximum atomic E-state index is 12.1. The lowest BCUT2D eigenvalue weighted by molar-refractivity contribution is -0.144. The molecule has 1 aliphatic carbocycles. The second-order valence-corrected chi connectivity index (χ2v) is 4.96. The fourth-order valence-corrected chi connectivity index (χ4v) is 2.04. The van der Waals surface area contributed by atoms with Crippen LogP contribution in [0.3, 0.4) is 0 Å². The summed E-state index contributed by atoms with van der Waals surface area (Å²) in [6, 6.07) is 6.57. The highest BCUT2D eigenvalue weighted by Crippen LogP contribution is 2.39. The fourth-order valence-electron chi connectivity index (χ4n) is 2.04. The molecule has 0 saturated heterocycles. The Bertz CT molecular complexity index is 493. The molecule has 5 heteroatoms. The van der Waals surface area contributed by atoms with Gasteiger partial charge in [0.25, 0.3) is 5.91 Å². The highest BCUT2D eigenvalue weighted by molar-refractivity contribution is 5.98. The topological polar surface area (TPSA) is 75.6 Å². The maximum absolute atomic E-state index is 12.1. The average molecular weight is 263 g/mol. The molecule has 0 aliphatic heterocycles. The first-order valence-corrected chi connectivity index (χ1v) is 6.17. The first-order valence-electron chi connectivity index (χ1n) is 6.17. The summed E-state index contributed by atoms with van der Waals surface area (Å²) in [5.41, 5.74) is -0.759. The van der Waals surface area contributed by atoms with Gasteiger partial charge in [-0.15, -0.1) is 0 Å². The van der Waals surface area contributed by atoms with Crippen LogP contribution >= 0.6 is 0 Å². The number of carboxylic acids is 1. The summed E-state index contributed by atoms with van der Waals surface area (Å²) in [7, 11) is 1.55. The summed E-state index contributed by atoms with van der Waals surface area (Å²) in [5, 5.41) is 11.9. The van der Waals surface area contributed by atoms with Gasteiger partial charge in [-0.3, -0.25) is 4.79 Å². The number of rotatable bonds is 5. The largest absolute Gasteiger partial charge is 0.497 e. The number of hydrogen-bond acceptors (Lipinski definition) is 3. The molecule has 1 atom stereocenters. The lowest BCUT2D eigenvalue weighted by Crippen LogP contribution is -2.54. The number of methoxy groups -OCH3 is 1. The van der Waals surface area contributed by atoms with Crippen molar-refractivity contribution in [2.75, 3.05) is 7.11 Å². The van der Waals surface area contributed by atoms with E-state index in [1.54, 1.807) is 38.3 Å². The average Bonchev–Trinajstić information content (AvgIpc) is 3.23. The molecular formula is C14H17NO4. The third kappa shape index (κ3) is 2.70. The minimum absolute atomic E-state index is 0.0206. The van der Waals surface area contributed by atoms with Crippen molar-refractivity contribution in [1.29, 1.82) is 0 Å². The molecule has 2 rings (SSSR count). The van der Waals surface area contributed by atoms with Crippen LogP contribution in [-0.4, -0.2) is 29.6 Å². The van der Waals surface area contributed by atoms with Crippen molar-refractivity contribution in [1.82, 2.24) is 5.32 Å². The molecular weight excluding hydrogens is 246 g/mol. The Balaban J connectivity index is 2.12. The second kappa shape index (κ2) is 4.91. The van der Waals surface area contributed by atoms with Gasteiger partial charge in [0.1, 0.15) is 11.3 Å². The Kier molecular flexibility index (Phi) is 3.46. The highest BCUT2D eigenvalue weighted by Gasteiger charge is 2.48. The molecule has 0 bridgehead atoms. The van der Waals surface area contributed by atoms with Crippen LogP contribution in [0.1, 0.15) is 30.1 Å². The molecule has 0 heterocycles. The van der Waals surface area contributed by atoms with E-state index in [9.17, 15) is 14.7 Å². The fraction of sp³-hybridized carbons (Fsp3) is 0.429. The van der Waals surface area contributed by atoms with Gasteiger partial charge in [-0.25, -0.2) is 4.79 Å². The van der Waals surface area contributed by atoms with Crippen LogP contribution in [0.5, 0.6) is 5.75 Å². The molecule has 0 radical (unpaired) electrons. The van der Waals surface area contributed by atoms with Gasteiger partial charge >= 0.3 is 5.97 Å². The van der Waals surface area contributed by atoms with Crippen molar-refractivity contribution in [3.63, 3.8) is 0 Å². The van der Waals surface area contributed by atoms with Crippen LogP contribution in [0.4, 0.5) is 0 Å². The van der Waals surface area contributed by atoms with E-state index in [0.29, 0.717) is 11.3 Å². The van der Waals surface area contributed by atoms with E-state index in [1.165, 1.54) is 0 Å². The van der Waals surface area contributed by atoms with Crippen LogP contribution in [-0.2, 0) is 4.79 Å². The van der Waals surface area contributed by atoms with Gasteiger partial charge < -0.3 is 15.2 Å². The van der Waals surface area contributed by atoms with Gasteiger partial charge in [0.2, 0.25) is 0 Å². The van der Waals surface area contributed by atoms with Gasteiger partial charge in [-0.2, -0.15) is 0 Å². The highest BCUT2D eigenvalue weighted by atomic mass is 16.5. The third-order valence-corrected chi connectivity index (χ3v) is 3.56. The first-order chi connectivity index (χ1) is 8.97. The Labute approximate surface area is 111 Å². The van der Waals surface area contributed by atoms with Gasteiger partial charge in [0, 0.05) is 5.56 Å². The van der Waals surface area contributed by atoms with E-state index >= 15 is 0 Å². The van der Waals surface area contributed by atoms with Crippen LogP contribution in [0.25, 0.3) is 0 Å². The molecule has 1 amide bonds. The maximum Gasteiger partial charge on any atom is 0.329 e. The Hall–Kier alpha value is -2.04. The summed E-state index contributed by atoms with van der Waals surface area (Å²) >= 11 is 0. The number of ether oxygens (including phenoxy) is 1. The number of amides is 1. The quantitative estimate of drug-likeness (QED) is 0.847. The lowest BCUT2D eigenvalue weighted by atomic mass is 9.95. The minimum Gasteiger partial charge on any atom is -0.497 e. The molecule has 1 aliphatic rings. The second-order valence-electron chi connectivity index (χ2n) is 4.96. The molecule has 5 nitrogen and oxygen atoms in total. The van der Waals surface area contributed by atoms with Crippen LogP contribution in [0, 0.1) is 5.92 Å². The molecule has 1 unspecified atom stereocenters.